The lowest BCUT2D eigenvalue weighted by molar-refractivity contribution is -0.0488. The van der Waals surface area contributed by atoms with E-state index in [9.17, 15) is 23.5 Å². The molecular formula is C26H22F3N5O4. The van der Waals surface area contributed by atoms with E-state index < -0.39 is 35.1 Å². The van der Waals surface area contributed by atoms with Crippen LogP contribution in [0.15, 0.2) is 65.8 Å². The average Bonchev–Trinajstić information content (AvgIpc) is 2.91. The average molecular weight is 525 g/mol. The van der Waals surface area contributed by atoms with E-state index in [0.717, 1.165) is 12.3 Å². The molecule has 5 rings (SSSR count). The van der Waals surface area contributed by atoms with Gasteiger partial charge in [0.05, 0.1) is 10.9 Å². The Kier molecular flexibility index (Phi) is 6.86. The Bertz CT molecular complexity index is 1530. The van der Waals surface area contributed by atoms with Gasteiger partial charge in [-0.25, -0.2) is 19.2 Å². The first-order valence-electron chi connectivity index (χ1n) is 11.7. The van der Waals surface area contributed by atoms with Crippen molar-refractivity contribution < 1.29 is 27.8 Å². The van der Waals surface area contributed by atoms with Gasteiger partial charge in [-0.2, -0.15) is 8.78 Å². The number of rotatable bonds is 7. The number of nitrogens with zero attached hydrogens (tertiary/aromatic N) is 5. The molecule has 0 saturated carbocycles. The molecule has 1 aliphatic rings. The standard InChI is InChI=1S/C26H22F3N5O4/c27-19-13-17-20(34(14-16-5-2-1-3-6-16)15-18(22(17)35)24(36)37)23(38-25(28)29)21(19)32-9-11-33(12-10-32)26-30-7-4-8-31-26/h1-8,13,15,25H,9-12,14H2,(H,36,37). The number of alkyl halides is 2. The van der Waals surface area contributed by atoms with E-state index in [-0.39, 0.29) is 36.2 Å². The van der Waals surface area contributed by atoms with Crippen LogP contribution >= 0.6 is 0 Å². The summed E-state index contributed by atoms with van der Waals surface area (Å²) in [5.74, 6) is -2.51. The van der Waals surface area contributed by atoms with E-state index in [0.29, 0.717) is 24.6 Å². The van der Waals surface area contributed by atoms with Gasteiger partial charge in [0, 0.05) is 51.3 Å². The molecule has 2 aromatic carbocycles. The van der Waals surface area contributed by atoms with Crippen molar-refractivity contribution in [3.63, 3.8) is 0 Å². The molecule has 9 nitrogen and oxygen atoms in total. The van der Waals surface area contributed by atoms with Crippen LogP contribution in [0.3, 0.4) is 0 Å². The van der Waals surface area contributed by atoms with Crippen molar-refractivity contribution >= 4 is 28.5 Å². The van der Waals surface area contributed by atoms with Crippen LogP contribution in [0.25, 0.3) is 10.9 Å². The maximum Gasteiger partial charge on any atom is 0.387 e. The molecule has 1 N–H and O–H groups in total. The highest BCUT2D eigenvalue weighted by Gasteiger charge is 2.30. The number of aromatic nitrogens is 3. The quantitative estimate of drug-likeness (QED) is 0.391. The Morgan fingerprint density at radius 3 is 2.32 bits per heavy atom. The lowest BCUT2D eigenvalue weighted by atomic mass is 10.1. The second kappa shape index (κ2) is 10.4. The fourth-order valence-electron chi connectivity index (χ4n) is 4.63. The molecule has 0 spiro atoms. The summed E-state index contributed by atoms with van der Waals surface area (Å²) in [6.07, 6.45) is 4.28. The zero-order chi connectivity index (χ0) is 26.8. The molecular weight excluding hydrogens is 503 g/mol. The number of halogens is 3. The van der Waals surface area contributed by atoms with Crippen molar-refractivity contribution in [1.29, 1.82) is 0 Å². The van der Waals surface area contributed by atoms with Gasteiger partial charge in [0.15, 0.2) is 11.6 Å². The maximum absolute atomic E-state index is 15.6. The monoisotopic (exact) mass is 525 g/mol. The first-order valence-corrected chi connectivity index (χ1v) is 11.7. The number of benzene rings is 2. The van der Waals surface area contributed by atoms with Crippen molar-refractivity contribution in [1.82, 2.24) is 14.5 Å². The van der Waals surface area contributed by atoms with Gasteiger partial charge in [-0.05, 0) is 17.7 Å². The molecule has 1 saturated heterocycles. The molecule has 1 fully saturated rings. The van der Waals surface area contributed by atoms with Gasteiger partial charge in [-0.3, -0.25) is 4.79 Å². The number of anilines is 2. The van der Waals surface area contributed by atoms with Crippen LogP contribution in [0.5, 0.6) is 5.75 Å². The summed E-state index contributed by atoms with van der Waals surface area (Å²) in [5.41, 5.74) is -1.24. The maximum atomic E-state index is 15.6. The Hall–Kier alpha value is -4.61. The summed E-state index contributed by atoms with van der Waals surface area (Å²) in [4.78, 5) is 36.7. The minimum Gasteiger partial charge on any atom is -0.477 e. The summed E-state index contributed by atoms with van der Waals surface area (Å²) in [7, 11) is 0. The minimum absolute atomic E-state index is 0.0295. The van der Waals surface area contributed by atoms with Crippen LogP contribution in [0.1, 0.15) is 15.9 Å². The van der Waals surface area contributed by atoms with Crippen molar-refractivity contribution in [3.8, 4) is 5.75 Å². The molecule has 12 heteroatoms. The van der Waals surface area contributed by atoms with Gasteiger partial charge >= 0.3 is 12.6 Å². The van der Waals surface area contributed by atoms with Crippen LogP contribution in [-0.2, 0) is 6.54 Å². The van der Waals surface area contributed by atoms with Crippen LogP contribution in [0.4, 0.5) is 24.8 Å². The molecule has 0 unspecified atom stereocenters. The predicted octanol–water partition coefficient (Wildman–Crippen LogP) is 3.61. The number of ether oxygens (including phenoxy) is 1. The van der Waals surface area contributed by atoms with Crippen molar-refractivity contribution in [2.24, 2.45) is 0 Å². The molecule has 0 amide bonds. The van der Waals surface area contributed by atoms with Gasteiger partial charge in [-0.1, -0.05) is 30.3 Å². The third kappa shape index (κ3) is 4.84. The second-order valence-corrected chi connectivity index (χ2v) is 8.62. The highest BCUT2D eigenvalue weighted by Crippen LogP contribution is 2.40. The number of hydrogen-bond acceptors (Lipinski definition) is 7. The number of hydrogen-bond donors (Lipinski definition) is 1. The number of carbonyl (C=O) groups is 1. The number of pyridine rings is 1. The van der Waals surface area contributed by atoms with Crippen LogP contribution < -0.4 is 20.0 Å². The summed E-state index contributed by atoms with van der Waals surface area (Å²) in [6.45, 7) is -2.07. The normalized spacial score (nSPS) is 13.8. The summed E-state index contributed by atoms with van der Waals surface area (Å²) in [5, 5.41) is 9.23. The number of fused-ring (bicyclic) bond motifs is 1. The summed E-state index contributed by atoms with van der Waals surface area (Å²) in [6, 6.07) is 11.4. The van der Waals surface area contributed by atoms with E-state index in [1.807, 2.05) is 4.90 Å². The number of carboxylic acid groups (broad SMARTS) is 1. The molecule has 1 aliphatic heterocycles. The SMILES string of the molecule is O=C(O)c1cn(Cc2ccccc2)c2c(OC(F)F)c(N3CCN(c4ncccn4)CC3)c(F)cc2c1=O. The third-order valence-corrected chi connectivity index (χ3v) is 6.31. The van der Waals surface area contributed by atoms with E-state index in [4.69, 9.17) is 4.74 Å². The Morgan fingerprint density at radius 1 is 1.03 bits per heavy atom. The highest BCUT2D eigenvalue weighted by atomic mass is 19.3. The zero-order valence-electron chi connectivity index (χ0n) is 19.9. The largest absolute Gasteiger partial charge is 0.477 e. The summed E-state index contributed by atoms with van der Waals surface area (Å²) >= 11 is 0. The molecule has 0 radical (unpaired) electrons. The minimum atomic E-state index is -3.32. The lowest BCUT2D eigenvalue weighted by Gasteiger charge is -2.37. The predicted molar refractivity (Wildman–Crippen MR) is 134 cm³/mol. The van der Waals surface area contributed by atoms with E-state index in [1.165, 1.54) is 4.57 Å². The molecule has 0 aliphatic carbocycles. The van der Waals surface area contributed by atoms with E-state index >= 15 is 4.39 Å². The second-order valence-electron chi connectivity index (χ2n) is 8.62. The van der Waals surface area contributed by atoms with Crippen molar-refractivity contribution in [3.05, 3.63) is 88.2 Å². The Morgan fingerprint density at radius 2 is 1.68 bits per heavy atom. The molecule has 3 heterocycles. The third-order valence-electron chi connectivity index (χ3n) is 6.31. The van der Waals surface area contributed by atoms with E-state index in [1.54, 1.807) is 53.7 Å². The first-order chi connectivity index (χ1) is 18.3. The number of carboxylic acids is 1. The van der Waals surface area contributed by atoms with Crippen molar-refractivity contribution in [2.45, 2.75) is 13.2 Å². The smallest absolute Gasteiger partial charge is 0.387 e. The highest BCUT2D eigenvalue weighted by molar-refractivity contribution is 5.97. The van der Waals surface area contributed by atoms with E-state index in [2.05, 4.69) is 9.97 Å². The lowest BCUT2D eigenvalue weighted by Crippen LogP contribution is -2.47. The van der Waals surface area contributed by atoms with Gasteiger partial charge < -0.3 is 24.2 Å². The van der Waals surface area contributed by atoms with Gasteiger partial charge in [0.25, 0.3) is 0 Å². The molecule has 0 bridgehead atoms. The topological polar surface area (TPSA) is 101 Å². The van der Waals surface area contributed by atoms with Crippen LogP contribution in [-0.4, -0.2) is 58.4 Å². The fraction of sp³-hybridized carbons (Fsp3) is 0.231. The Labute approximate surface area is 214 Å². The van der Waals surface area contributed by atoms with Gasteiger partial charge in [0.1, 0.15) is 11.3 Å². The van der Waals surface area contributed by atoms with Crippen molar-refractivity contribution in [2.75, 3.05) is 36.0 Å². The molecule has 2 aromatic heterocycles. The van der Waals surface area contributed by atoms with Crippen LogP contribution in [0, 0.1) is 5.82 Å². The number of piperazine rings is 1. The van der Waals surface area contributed by atoms with Gasteiger partial charge in [-0.15, -0.1) is 0 Å². The molecule has 4 aromatic rings. The zero-order valence-corrected chi connectivity index (χ0v) is 19.9. The molecule has 196 valence electrons. The van der Waals surface area contributed by atoms with Gasteiger partial charge in [0.2, 0.25) is 11.4 Å². The fourth-order valence-corrected chi connectivity index (χ4v) is 4.63. The Balaban J connectivity index is 1.66. The summed E-state index contributed by atoms with van der Waals surface area (Å²) < 4.78 is 49.2. The molecule has 38 heavy (non-hydrogen) atoms. The van der Waals surface area contributed by atoms with Crippen LogP contribution in [0.2, 0.25) is 0 Å². The molecule has 0 atom stereocenters. The first kappa shape index (κ1) is 25.1. The number of aromatic carboxylic acids is 1.